The molecule has 21 heavy (non-hydrogen) atoms. The highest BCUT2D eigenvalue weighted by Gasteiger charge is 2.43. The minimum Gasteiger partial charge on any atom is -0.463 e. The maximum Gasteiger partial charge on any atom is 0.308 e. The van der Waals surface area contributed by atoms with Gasteiger partial charge in [0, 0.05) is 0 Å². The predicted octanol–water partition coefficient (Wildman–Crippen LogP) is -1.61. The van der Waals surface area contributed by atoms with Crippen molar-refractivity contribution >= 4 is 5.97 Å². The molecule has 0 aromatic heterocycles. The molecule has 8 heteroatoms. The standard InChI is InChI=1S/C13H24O8/c1-3-7(2)12(18)19-4-5-20-13-11(17)10(16)9(15)8(6-14)21-13/h7-11,13-17H,3-6H2,1-2H3/t7?,8?,9-,10?,11+,13-/m0/s1. The largest absolute Gasteiger partial charge is 0.463 e. The summed E-state index contributed by atoms with van der Waals surface area (Å²) in [5.74, 6) is -0.535. The molecule has 4 N–H and O–H groups in total. The normalized spacial score (nSPS) is 34.5. The quantitative estimate of drug-likeness (QED) is 0.327. The van der Waals surface area contributed by atoms with Crippen molar-refractivity contribution in [3.63, 3.8) is 0 Å². The Hall–Kier alpha value is -0.770. The van der Waals surface area contributed by atoms with Crippen LogP contribution in [0.2, 0.25) is 0 Å². The molecule has 8 nitrogen and oxygen atoms in total. The fraction of sp³-hybridized carbons (Fsp3) is 0.923. The van der Waals surface area contributed by atoms with Crippen LogP contribution in [0.1, 0.15) is 20.3 Å². The molecule has 1 fully saturated rings. The molecular formula is C13H24O8. The third kappa shape index (κ3) is 4.87. The van der Waals surface area contributed by atoms with Crippen molar-refractivity contribution < 1.29 is 39.4 Å². The van der Waals surface area contributed by atoms with E-state index in [1.54, 1.807) is 6.92 Å². The monoisotopic (exact) mass is 308 g/mol. The summed E-state index contributed by atoms with van der Waals surface area (Å²) >= 11 is 0. The molecule has 1 rings (SSSR count). The second-order valence-corrected chi connectivity index (χ2v) is 5.04. The Morgan fingerprint density at radius 1 is 1.19 bits per heavy atom. The molecule has 0 radical (unpaired) electrons. The van der Waals surface area contributed by atoms with E-state index in [1.165, 1.54) is 0 Å². The van der Waals surface area contributed by atoms with Gasteiger partial charge in [-0.05, 0) is 6.42 Å². The van der Waals surface area contributed by atoms with Crippen molar-refractivity contribution in [2.45, 2.75) is 51.0 Å². The number of hydrogen-bond donors (Lipinski definition) is 4. The van der Waals surface area contributed by atoms with Crippen LogP contribution in [-0.4, -0.2) is 76.9 Å². The van der Waals surface area contributed by atoms with E-state index in [0.29, 0.717) is 6.42 Å². The van der Waals surface area contributed by atoms with Crippen molar-refractivity contribution in [1.29, 1.82) is 0 Å². The van der Waals surface area contributed by atoms with E-state index in [2.05, 4.69) is 0 Å². The summed E-state index contributed by atoms with van der Waals surface area (Å²) in [7, 11) is 0. The lowest BCUT2D eigenvalue weighted by atomic mass is 9.99. The fourth-order valence-corrected chi connectivity index (χ4v) is 1.82. The molecule has 0 aliphatic carbocycles. The highest BCUT2D eigenvalue weighted by Crippen LogP contribution is 2.21. The minimum atomic E-state index is -1.48. The first-order valence-corrected chi connectivity index (χ1v) is 7.01. The van der Waals surface area contributed by atoms with Gasteiger partial charge in [-0.3, -0.25) is 4.79 Å². The number of esters is 1. The van der Waals surface area contributed by atoms with Crippen LogP contribution in [-0.2, 0) is 19.0 Å². The number of carbonyl (C=O) groups is 1. The van der Waals surface area contributed by atoms with Crippen molar-refractivity contribution in [3.8, 4) is 0 Å². The van der Waals surface area contributed by atoms with Gasteiger partial charge in [-0.1, -0.05) is 13.8 Å². The Morgan fingerprint density at radius 2 is 1.86 bits per heavy atom. The van der Waals surface area contributed by atoms with Crippen LogP contribution in [0, 0.1) is 5.92 Å². The van der Waals surface area contributed by atoms with Crippen molar-refractivity contribution in [2.24, 2.45) is 5.92 Å². The number of aliphatic hydroxyl groups is 4. The maximum absolute atomic E-state index is 11.4. The summed E-state index contributed by atoms with van der Waals surface area (Å²) < 4.78 is 15.3. The van der Waals surface area contributed by atoms with Crippen molar-refractivity contribution in [1.82, 2.24) is 0 Å². The number of hydrogen-bond acceptors (Lipinski definition) is 8. The van der Waals surface area contributed by atoms with Crippen LogP contribution in [0.4, 0.5) is 0 Å². The fourth-order valence-electron chi connectivity index (χ4n) is 1.82. The van der Waals surface area contributed by atoms with Gasteiger partial charge in [-0.25, -0.2) is 0 Å². The van der Waals surface area contributed by atoms with E-state index >= 15 is 0 Å². The molecular weight excluding hydrogens is 284 g/mol. The molecule has 1 heterocycles. The number of ether oxygens (including phenoxy) is 3. The summed E-state index contributed by atoms with van der Waals surface area (Å²) in [6, 6.07) is 0. The second kappa shape index (κ2) is 8.62. The SMILES string of the molecule is CCC(C)C(=O)OCCO[C@H]1OC(CO)[C@H](O)C(O)[C@H]1O. The van der Waals surface area contributed by atoms with E-state index in [1.807, 2.05) is 6.92 Å². The van der Waals surface area contributed by atoms with Crippen LogP contribution < -0.4 is 0 Å². The van der Waals surface area contributed by atoms with Gasteiger partial charge in [-0.15, -0.1) is 0 Å². The predicted molar refractivity (Wildman–Crippen MR) is 70.1 cm³/mol. The molecule has 124 valence electrons. The minimum absolute atomic E-state index is 0.0157. The Bertz CT molecular complexity index is 321. The third-order valence-electron chi connectivity index (χ3n) is 3.47. The zero-order valence-electron chi connectivity index (χ0n) is 12.2. The zero-order valence-corrected chi connectivity index (χ0v) is 12.2. The Kier molecular flexibility index (Phi) is 7.50. The molecule has 6 atom stereocenters. The molecule has 0 aromatic carbocycles. The molecule has 0 bridgehead atoms. The van der Waals surface area contributed by atoms with Gasteiger partial charge in [0.2, 0.25) is 0 Å². The van der Waals surface area contributed by atoms with E-state index in [-0.39, 0.29) is 25.1 Å². The van der Waals surface area contributed by atoms with Gasteiger partial charge in [0.25, 0.3) is 0 Å². The van der Waals surface area contributed by atoms with Gasteiger partial charge in [0.1, 0.15) is 31.0 Å². The Labute approximate surface area is 123 Å². The average Bonchev–Trinajstić information content (AvgIpc) is 2.49. The number of carbonyl (C=O) groups excluding carboxylic acids is 1. The van der Waals surface area contributed by atoms with Gasteiger partial charge in [0.05, 0.1) is 19.1 Å². The molecule has 1 aliphatic heterocycles. The summed E-state index contributed by atoms with van der Waals surface area (Å²) in [6.45, 7) is 3.05. The summed E-state index contributed by atoms with van der Waals surface area (Å²) in [5.41, 5.74) is 0. The molecule has 0 amide bonds. The van der Waals surface area contributed by atoms with E-state index in [4.69, 9.17) is 19.3 Å². The first-order valence-electron chi connectivity index (χ1n) is 7.01. The van der Waals surface area contributed by atoms with E-state index < -0.39 is 37.3 Å². The molecule has 0 aromatic rings. The molecule has 3 unspecified atom stereocenters. The second-order valence-electron chi connectivity index (χ2n) is 5.04. The highest BCUT2D eigenvalue weighted by atomic mass is 16.7. The van der Waals surface area contributed by atoms with Crippen molar-refractivity contribution in [2.75, 3.05) is 19.8 Å². The lowest BCUT2D eigenvalue weighted by molar-refractivity contribution is -0.302. The highest BCUT2D eigenvalue weighted by molar-refractivity contribution is 5.71. The van der Waals surface area contributed by atoms with Gasteiger partial charge < -0.3 is 34.6 Å². The van der Waals surface area contributed by atoms with Crippen molar-refractivity contribution in [3.05, 3.63) is 0 Å². The van der Waals surface area contributed by atoms with Crippen LogP contribution >= 0.6 is 0 Å². The van der Waals surface area contributed by atoms with E-state index in [9.17, 15) is 20.1 Å². The topological polar surface area (TPSA) is 126 Å². The summed E-state index contributed by atoms with van der Waals surface area (Å²) in [5, 5.41) is 37.9. The van der Waals surface area contributed by atoms with Crippen LogP contribution in [0.25, 0.3) is 0 Å². The number of aliphatic hydroxyl groups excluding tert-OH is 4. The summed E-state index contributed by atoms with van der Waals surface area (Å²) in [6.07, 6.45) is -5.91. The number of rotatable bonds is 7. The zero-order chi connectivity index (χ0) is 16.0. The average molecular weight is 308 g/mol. The van der Waals surface area contributed by atoms with Gasteiger partial charge in [-0.2, -0.15) is 0 Å². The maximum atomic E-state index is 11.4. The Balaban J connectivity index is 2.35. The third-order valence-corrected chi connectivity index (χ3v) is 3.47. The lowest BCUT2D eigenvalue weighted by Crippen LogP contribution is -2.59. The Morgan fingerprint density at radius 3 is 2.43 bits per heavy atom. The van der Waals surface area contributed by atoms with Gasteiger partial charge >= 0.3 is 5.97 Å². The lowest BCUT2D eigenvalue weighted by Gasteiger charge is -2.39. The van der Waals surface area contributed by atoms with E-state index in [0.717, 1.165) is 0 Å². The summed E-state index contributed by atoms with van der Waals surface area (Å²) in [4.78, 5) is 11.4. The first kappa shape index (κ1) is 18.3. The molecule has 0 saturated carbocycles. The molecule has 1 saturated heterocycles. The molecule has 0 spiro atoms. The van der Waals surface area contributed by atoms with Crippen LogP contribution in [0.3, 0.4) is 0 Å². The van der Waals surface area contributed by atoms with Crippen LogP contribution in [0.15, 0.2) is 0 Å². The molecule has 1 aliphatic rings. The first-order chi connectivity index (χ1) is 9.92. The smallest absolute Gasteiger partial charge is 0.308 e. The van der Waals surface area contributed by atoms with Gasteiger partial charge in [0.15, 0.2) is 6.29 Å². The van der Waals surface area contributed by atoms with Crippen LogP contribution in [0.5, 0.6) is 0 Å².